The summed E-state index contributed by atoms with van der Waals surface area (Å²) in [6.07, 6.45) is 2.46. The van der Waals surface area contributed by atoms with Crippen LogP contribution in [-0.4, -0.2) is 50.6 Å². The van der Waals surface area contributed by atoms with Gasteiger partial charge in [0.25, 0.3) is 15.9 Å². The van der Waals surface area contributed by atoms with E-state index < -0.39 is 10.0 Å². The average molecular weight is 455 g/mol. The number of benzene rings is 2. The minimum absolute atomic E-state index is 0.0106. The minimum atomic E-state index is -3.70. The van der Waals surface area contributed by atoms with Crippen LogP contribution in [0.1, 0.15) is 42.1 Å². The van der Waals surface area contributed by atoms with Gasteiger partial charge in [0, 0.05) is 36.4 Å². The van der Waals surface area contributed by atoms with Gasteiger partial charge in [-0.25, -0.2) is 0 Å². The van der Waals surface area contributed by atoms with E-state index in [-0.39, 0.29) is 28.5 Å². The molecule has 2 amide bonds. The monoisotopic (exact) mass is 454 g/mol. The zero-order valence-corrected chi connectivity index (χ0v) is 18.7. The molecule has 2 aromatic carbocycles. The van der Waals surface area contributed by atoms with Gasteiger partial charge in [-0.15, -0.1) is 4.40 Å². The minimum Gasteiger partial charge on any atom is -0.356 e. The van der Waals surface area contributed by atoms with Gasteiger partial charge >= 0.3 is 0 Å². The van der Waals surface area contributed by atoms with Crippen molar-refractivity contribution in [2.45, 2.75) is 31.1 Å². The highest BCUT2D eigenvalue weighted by atomic mass is 32.2. The van der Waals surface area contributed by atoms with Gasteiger partial charge in [0.05, 0.1) is 5.92 Å². The van der Waals surface area contributed by atoms with Crippen molar-refractivity contribution in [3.8, 4) is 0 Å². The van der Waals surface area contributed by atoms with E-state index in [2.05, 4.69) is 15.0 Å². The maximum Gasteiger partial charge on any atom is 0.285 e. The summed E-state index contributed by atoms with van der Waals surface area (Å²) in [6.45, 7) is 3.70. The van der Waals surface area contributed by atoms with Crippen LogP contribution in [0.25, 0.3) is 0 Å². The number of piperidine rings is 1. The van der Waals surface area contributed by atoms with Crippen molar-refractivity contribution in [3.63, 3.8) is 0 Å². The third kappa shape index (κ3) is 4.52. The second kappa shape index (κ2) is 9.12. The number of anilines is 1. The Hall–Kier alpha value is -3.20. The molecule has 4 rings (SSSR count). The van der Waals surface area contributed by atoms with Crippen LogP contribution in [0.4, 0.5) is 5.69 Å². The Labute approximate surface area is 187 Å². The first-order valence-corrected chi connectivity index (χ1v) is 12.2. The predicted molar refractivity (Wildman–Crippen MR) is 122 cm³/mol. The van der Waals surface area contributed by atoms with Crippen LogP contribution in [0.2, 0.25) is 0 Å². The van der Waals surface area contributed by atoms with Crippen LogP contribution in [0.3, 0.4) is 0 Å². The number of rotatable bonds is 5. The van der Waals surface area contributed by atoms with E-state index in [0.29, 0.717) is 36.4 Å². The van der Waals surface area contributed by atoms with Gasteiger partial charge in [0.2, 0.25) is 5.91 Å². The van der Waals surface area contributed by atoms with Crippen molar-refractivity contribution in [1.82, 2.24) is 10.2 Å². The molecule has 1 atom stereocenters. The lowest BCUT2D eigenvalue weighted by molar-refractivity contribution is -0.126. The summed E-state index contributed by atoms with van der Waals surface area (Å²) >= 11 is 0. The lowest BCUT2D eigenvalue weighted by Gasteiger charge is -2.32. The molecule has 0 radical (unpaired) electrons. The normalized spacial score (nSPS) is 19.1. The molecule has 2 N–H and O–H groups in total. The molecular formula is C23H26N4O4S. The highest BCUT2D eigenvalue weighted by molar-refractivity contribution is 7.90. The van der Waals surface area contributed by atoms with E-state index in [4.69, 9.17) is 0 Å². The summed E-state index contributed by atoms with van der Waals surface area (Å²) in [5.74, 6) is -0.0219. The fraction of sp³-hybridized carbons (Fsp3) is 0.348. The zero-order chi connectivity index (χ0) is 22.7. The Kier molecular flexibility index (Phi) is 6.27. The molecule has 2 aromatic rings. The van der Waals surface area contributed by atoms with Crippen molar-refractivity contribution in [2.75, 3.05) is 25.0 Å². The number of carbonyl (C=O) groups excluding carboxylic acids is 2. The van der Waals surface area contributed by atoms with Gasteiger partial charge in [-0.3, -0.25) is 9.59 Å². The van der Waals surface area contributed by atoms with E-state index in [9.17, 15) is 18.0 Å². The SMILES string of the molecule is CCCNC(=O)C1CCCN(C(=O)c2ccc(NC3=NS(=O)(=O)c4ccccc43)cc2)C1. The number of hydrogen-bond acceptors (Lipinski definition) is 5. The van der Waals surface area contributed by atoms with Crippen molar-refractivity contribution >= 4 is 33.4 Å². The Balaban J connectivity index is 1.43. The van der Waals surface area contributed by atoms with Crippen LogP contribution < -0.4 is 10.6 Å². The molecule has 0 spiro atoms. The Morgan fingerprint density at radius 1 is 1.12 bits per heavy atom. The topological polar surface area (TPSA) is 108 Å². The second-order valence-corrected chi connectivity index (χ2v) is 9.57. The third-order valence-corrected chi connectivity index (χ3v) is 6.99. The summed E-state index contributed by atoms with van der Waals surface area (Å²) in [5.41, 5.74) is 1.67. The average Bonchev–Trinajstić information content (AvgIpc) is 3.07. The van der Waals surface area contributed by atoms with Gasteiger partial charge in [-0.05, 0) is 55.7 Å². The molecule has 0 bridgehead atoms. The predicted octanol–water partition coefficient (Wildman–Crippen LogP) is 2.63. The number of nitrogens with zero attached hydrogens (tertiary/aromatic N) is 2. The number of hydrogen-bond donors (Lipinski definition) is 2. The highest BCUT2D eigenvalue weighted by Gasteiger charge is 2.30. The summed E-state index contributed by atoms with van der Waals surface area (Å²) in [4.78, 5) is 27.2. The molecule has 9 heteroatoms. The molecule has 8 nitrogen and oxygen atoms in total. The van der Waals surface area contributed by atoms with Gasteiger partial charge in [-0.2, -0.15) is 8.42 Å². The second-order valence-electron chi connectivity index (χ2n) is 7.99. The summed E-state index contributed by atoms with van der Waals surface area (Å²) < 4.78 is 28.2. The first-order chi connectivity index (χ1) is 15.4. The molecule has 0 aliphatic carbocycles. The largest absolute Gasteiger partial charge is 0.356 e. The lowest BCUT2D eigenvalue weighted by atomic mass is 9.96. The van der Waals surface area contributed by atoms with E-state index >= 15 is 0 Å². The van der Waals surface area contributed by atoms with Gasteiger partial charge in [-0.1, -0.05) is 19.1 Å². The Morgan fingerprint density at radius 3 is 2.62 bits per heavy atom. The van der Waals surface area contributed by atoms with Gasteiger partial charge in [0.1, 0.15) is 4.90 Å². The molecule has 0 saturated carbocycles. The van der Waals surface area contributed by atoms with E-state index in [1.165, 1.54) is 6.07 Å². The van der Waals surface area contributed by atoms with Crippen molar-refractivity contribution in [3.05, 3.63) is 59.7 Å². The van der Waals surface area contributed by atoms with Crippen molar-refractivity contribution < 1.29 is 18.0 Å². The number of amidine groups is 1. The van der Waals surface area contributed by atoms with E-state index in [0.717, 1.165) is 19.3 Å². The quantitative estimate of drug-likeness (QED) is 0.722. The number of nitrogens with one attached hydrogen (secondary N) is 2. The highest BCUT2D eigenvalue weighted by Crippen LogP contribution is 2.27. The van der Waals surface area contributed by atoms with Crippen LogP contribution in [0.5, 0.6) is 0 Å². The zero-order valence-electron chi connectivity index (χ0n) is 17.9. The number of fused-ring (bicyclic) bond motifs is 1. The molecule has 2 aliphatic heterocycles. The maximum atomic E-state index is 13.0. The van der Waals surface area contributed by atoms with Gasteiger partial charge < -0.3 is 15.5 Å². The fourth-order valence-electron chi connectivity index (χ4n) is 3.98. The lowest BCUT2D eigenvalue weighted by Crippen LogP contribution is -2.45. The Morgan fingerprint density at radius 2 is 1.88 bits per heavy atom. The first-order valence-electron chi connectivity index (χ1n) is 10.8. The molecule has 1 unspecified atom stereocenters. The number of amides is 2. The van der Waals surface area contributed by atoms with E-state index in [1.54, 1.807) is 47.4 Å². The van der Waals surface area contributed by atoms with Crippen LogP contribution in [-0.2, 0) is 14.8 Å². The first kappa shape index (κ1) is 22.0. The Bertz CT molecular complexity index is 1160. The molecule has 1 saturated heterocycles. The van der Waals surface area contributed by atoms with Crippen molar-refractivity contribution in [2.24, 2.45) is 10.3 Å². The van der Waals surface area contributed by atoms with Crippen LogP contribution in [0.15, 0.2) is 57.8 Å². The molecule has 1 fully saturated rings. The van der Waals surface area contributed by atoms with Crippen LogP contribution in [0, 0.1) is 5.92 Å². The maximum absolute atomic E-state index is 13.0. The van der Waals surface area contributed by atoms with Crippen LogP contribution >= 0.6 is 0 Å². The summed E-state index contributed by atoms with van der Waals surface area (Å²) in [6, 6.07) is 13.5. The van der Waals surface area contributed by atoms with Gasteiger partial charge in [0.15, 0.2) is 5.84 Å². The summed E-state index contributed by atoms with van der Waals surface area (Å²) in [5, 5.41) is 5.95. The fourth-order valence-corrected chi connectivity index (χ4v) is 5.16. The standard InChI is InChI=1S/C23H26N4O4S/c1-2-13-24-22(28)17-6-5-14-27(15-17)23(29)16-9-11-18(12-10-16)25-21-19-7-3-4-8-20(19)32(30,31)26-21/h3-4,7-12,17H,2,5-6,13-15H2,1H3,(H,24,28)(H,25,26). The molecule has 2 heterocycles. The molecule has 168 valence electrons. The van der Waals surface area contributed by atoms with Crippen molar-refractivity contribution in [1.29, 1.82) is 0 Å². The third-order valence-electron chi connectivity index (χ3n) is 5.65. The smallest absolute Gasteiger partial charge is 0.285 e. The molecule has 0 aromatic heterocycles. The summed E-state index contributed by atoms with van der Waals surface area (Å²) in [7, 11) is -3.70. The molecular weight excluding hydrogens is 428 g/mol. The number of likely N-dealkylation sites (tertiary alicyclic amines) is 1. The molecule has 2 aliphatic rings. The number of sulfonamides is 1. The molecule has 32 heavy (non-hydrogen) atoms. The van der Waals surface area contributed by atoms with E-state index in [1.807, 2.05) is 6.92 Å². The number of carbonyl (C=O) groups is 2.